The highest BCUT2D eigenvalue weighted by Gasteiger charge is 2.42. The summed E-state index contributed by atoms with van der Waals surface area (Å²) in [5.41, 5.74) is -0.802. The van der Waals surface area contributed by atoms with E-state index in [0.717, 1.165) is 0 Å². The van der Waals surface area contributed by atoms with Crippen LogP contribution in [0.15, 0.2) is 6.20 Å². The number of rotatable bonds is 6. The van der Waals surface area contributed by atoms with Crippen LogP contribution in [0.1, 0.15) is 0 Å². The molecule has 1 aromatic heterocycles. The Hall–Kier alpha value is -2.20. The second-order valence-electron chi connectivity index (χ2n) is 3.24. The third-order valence-corrected chi connectivity index (χ3v) is 1.88. The zero-order valence-electron chi connectivity index (χ0n) is 9.44. The first kappa shape index (κ1) is 14.9. The number of halogens is 4. The fraction of sp³-hybridized carbons (Fsp3) is 0.500. The zero-order chi connectivity index (χ0) is 14.6. The molecule has 0 spiro atoms. The molecule has 7 nitrogen and oxygen atoms in total. The summed E-state index contributed by atoms with van der Waals surface area (Å²) < 4.78 is 53.4. The molecule has 0 amide bonds. The van der Waals surface area contributed by atoms with Crippen LogP contribution in [0.25, 0.3) is 0 Å². The monoisotopic (exact) mass is 284 g/mol. The third-order valence-electron chi connectivity index (χ3n) is 1.88. The summed E-state index contributed by atoms with van der Waals surface area (Å²) in [6.45, 7) is -1.73. The van der Waals surface area contributed by atoms with E-state index >= 15 is 0 Å². The summed E-state index contributed by atoms with van der Waals surface area (Å²) in [5, 5.41) is 13.0. The fourth-order valence-electron chi connectivity index (χ4n) is 0.939. The van der Waals surface area contributed by atoms with Crippen LogP contribution in [-0.4, -0.2) is 40.9 Å². The van der Waals surface area contributed by atoms with Crippen LogP contribution in [0.5, 0.6) is 5.88 Å². The van der Waals surface area contributed by atoms with Gasteiger partial charge in [-0.3, -0.25) is 10.1 Å². The molecular weight excluding hydrogens is 276 g/mol. The average Bonchev–Trinajstić information content (AvgIpc) is 2.35. The minimum Gasteiger partial charge on any atom is -0.466 e. The molecule has 1 N–H and O–H groups in total. The fourth-order valence-corrected chi connectivity index (χ4v) is 0.939. The normalized spacial score (nSPS) is 11.5. The number of nitrogens with one attached hydrogen (secondary N) is 1. The van der Waals surface area contributed by atoms with Crippen molar-refractivity contribution in [3.63, 3.8) is 0 Å². The quantitative estimate of drug-likeness (QED) is 0.486. The van der Waals surface area contributed by atoms with Crippen LogP contribution < -0.4 is 10.1 Å². The van der Waals surface area contributed by atoms with Crippen molar-refractivity contribution in [1.82, 2.24) is 9.97 Å². The van der Waals surface area contributed by atoms with Crippen molar-refractivity contribution in [2.75, 3.05) is 19.0 Å². The number of anilines is 1. The molecule has 1 heterocycles. The van der Waals surface area contributed by atoms with Gasteiger partial charge in [0, 0.05) is 7.05 Å². The minimum absolute atomic E-state index is 0.138. The Kier molecular flexibility index (Phi) is 4.40. The Bertz CT molecular complexity index is 471. The van der Waals surface area contributed by atoms with Gasteiger partial charge in [-0.25, -0.2) is 13.8 Å². The molecule has 0 radical (unpaired) electrons. The first-order chi connectivity index (χ1) is 8.77. The summed E-state index contributed by atoms with van der Waals surface area (Å²) in [6, 6.07) is 0. The number of aromatic nitrogens is 2. The molecular formula is C8H8F4N4O3. The van der Waals surface area contributed by atoms with E-state index in [1.54, 1.807) is 0 Å². The Balaban J connectivity index is 2.95. The molecule has 0 atom stereocenters. The number of hydrogen-bond acceptors (Lipinski definition) is 6. The smallest absolute Gasteiger partial charge is 0.349 e. The molecule has 106 valence electrons. The van der Waals surface area contributed by atoms with Gasteiger partial charge in [-0.15, -0.1) is 0 Å². The van der Waals surface area contributed by atoms with Gasteiger partial charge in [0.1, 0.15) is 6.20 Å². The van der Waals surface area contributed by atoms with Crippen molar-refractivity contribution in [2.24, 2.45) is 0 Å². The molecule has 0 fully saturated rings. The molecule has 0 aromatic carbocycles. The SMILES string of the molecule is CNc1ncc([N+](=O)[O-])c(OCC(F)(F)C(F)F)n1. The standard InChI is InChI=1S/C8H8F4N4O3/c1-13-7-14-2-4(16(17)18)5(15-7)19-3-8(11,12)6(9)10/h2,6H,3H2,1H3,(H,13,14,15). The highest BCUT2D eigenvalue weighted by Crippen LogP contribution is 2.28. The molecule has 1 aromatic rings. The first-order valence-corrected chi connectivity index (χ1v) is 4.76. The van der Waals surface area contributed by atoms with E-state index in [0.29, 0.717) is 6.20 Å². The maximum absolute atomic E-state index is 12.6. The predicted molar refractivity (Wildman–Crippen MR) is 54.7 cm³/mol. The van der Waals surface area contributed by atoms with Crippen LogP contribution >= 0.6 is 0 Å². The van der Waals surface area contributed by atoms with E-state index in [4.69, 9.17) is 0 Å². The highest BCUT2D eigenvalue weighted by molar-refractivity contribution is 5.42. The van der Waals surface area contributed by atoms with Crippen LogP contribution in [0.4, 0.5) is 29.2 Å². The van der Waals surface area contributed by atoms with Gasteiger partial charge >= 0.3 is 18.0 Å². The predicted octanol–water partition coefficient (Wildman–Crippen LogP) is 1.71. The van der Waals surface area contributed by atoms with E-state index in [9.17, 15) is 27.7 Å². The largest absolute Gasteiger partial charge is 0.466 e. The van der Waals surface area contributed by atoms with Crippen molar-refractivity contribution in [2.45, 2.75) is 12.3 Å². The summed E-state index contributed by atoms with van der Waals surface area (Å²) >= 11 is 0. The molecule has 0 aliphatic rings. The lowest BCUT2D eigenvalue weighted by atomic mass is 10.4. The summed E-state index contributed by atoms with van der Waals surface area (Å²) in [4.78, 5) is 16.5. The molecule has 0 saturated heterocycles. The van der Waals surface area contributed by atoms with Crippen LogP contribution in [-0.2, 0) is 0 Å². The van der Waals surface area contributed by atoms with Crippen LogP contribution in [0.2, 0.25) is 0 Å². The highest BCUT2D eigenvalue weighted by atomic mass is 19.3. The van der Waals surface area contributed by atoms with Gasteiger partial charge in [-0.05, 0) is 0 Å². The van der Waals surface area contributed by atoms with Gasteiger partial charge in [0.25, 0.3) is 5.88 Å². The lowest BCUT2D eigenvalue weighted by Crippen LogP contribution is -2.34. The first-order valence-electron chi connectivity index (χ1n) is 4.76. The third kappa shape index (κ3) is 3.63. The van der Waals surface area contributed by atoms with Gasteiger partial charge in [-0.2, -0.15) is 13.8 Å². The second kappa shape index (κ2) is 5.63. The maximum Gasteiger partial charge on any atom is 0.349 e. The van der Waals surface area contributed by atoms with E-state index in [1.165, 1.54) is 7.05 Å². The molecule has 0 aliphatic heterocycles. The lowest BCUT2D eigenvalue weighted by Gasteiger charge is -2.15. The van der Waals surface area contributed by atoms with Gasteiger partial charge < -0.3 is 10.1 Å². The Morgan fingerprint density at radius 3 is 2.68 bits per heavy atom. The van der Waals surface area contributed by atoms with Crippen molar-refractivity contribution in [3.8, 4) is 5.88 Å². The van der Waals surface area contributed by atoms with Gasteiger partial charge in [-0.1, -0.05) is 0 Å². The van der Waals surface area contributed by atoms with Gasteiger partial charge in [0.05, 0.1) is 4.92 Å². The van der Waals surface area contributed by atoms with E-state index in [1.807, 2.05) is 0 Å². The number of nitrogens with zero attached hydrogens (tertiary/aromatic N) is 3. The van der Waals surface area contributed by atoms with Crippen LogP contribution in [0, 0.1) is 10.1 Å². The topological polar surface area (TPSA) is 90.2 Å². The van der Waals surface area contributed by atoms with E-state index in [2.05, 4.69) is 20.0 Å². The summed E-state index contributed by atoms with van der Waals surface area (Å²) in [5.74, 6) is -5.39. The summed E-state index contributed by atoms with van der Waals surface area (Å²) in [6.07, 6.45) is -3.23. The molecule has 11 heteroatoms. The number of nitro groups is 1. The van der Waals surface area contributed by atoms with E-state index < -0.39 is 35.4 Å². The number of ether oxygens (including phenoxy) is 1. The molecule has 19 heavy (non-hydrogen) atoms. The summed E-state index contributed by atoms with van der Waals surface area (Å²) in [7, 11) is 1.37. The Morgan fingerprint density at radius 1 is 1.58 bits per heavy atom. The Labute approximate surface area is 103 Å². The van der Waals surface area contributed by atoms with Gasteiger partial charge in [0.15, 0.2) is 6.61 Å². The molecule has 0 aliphatic carbocycles. The molecule has 0 unspecified atom stereocenters. The van der Waals surface area contributed by atoms with Gasteiger partial charge in [0.2, 0.25) is 5.95 Å². The van der Waals surface area contributed by atoms with Crippen molar-refractivity contribution >= 4 is 11.6 Å². The molecule has 0 saturated carbocycles. The maximum atomic E-state index is 12.6. The van der Waals surface area contributed by atoms with Crippen molar-refractivity contribution in [3.05, 3.63) is 16.3 Å². The molecule has 1 rings (SSSR count). The van der Waals surface area contributed by atoms with Crippen molar-refractivity contribution in [1.29, 1.82) is 0 Å². The Morgan fingerprint density at radius 2 is 2.21 bits per heavy atom. The van der Waals surface area contributed by atoms with Crippen LogP contribution in [0.3, 0.4) is 0 Å². The lowest BCUT2D eigenvalue weighted by molar-refractivity contribution is -0.386. The average molecular weight is 284 g/mol. The number of alkyl halides is 4. The second-order valence-corrected chi connectivity index (χ2v) is 3.24. The van der Waals surface area contributed by atoms with Crippen molar-refractivity contribution < 1.29 is 27.2 Å². The number of hydrogen-bond donors (Lipinski definition) is 1. The molecule has 0 bridgehead atoms. The van der Waals surface area contributed by atoms with E-state index in [-0.39, 0.29) is 5.95 Å². The zero-order valence-corrected chi connectivity index (χ0v) is 9.44. The minimum atomic E-state index is -4.43.